The second kappa shape index (κ2) is 5.59. The van der Waals surface area contributed by atoms with E-state index < -0.39 is 6.10 Å². The first-order chi connectivity index (χ1) is 8.56. The monoisotopic (exact) mass is 268 g/mol. The van der Waals surface area contributed by atoms with Crippen molar-refractivity contribution in [3.8, 4) is 5.75 Å². The van der Waals surface area contributed by atoms with Gasteiger partial charge in [0, 0.05) is 24.2 Å². The molecule has 1 aromatic carbocycles. The molecule has 1 aromatic rings. The Morgan fingerprint density at radius 2 is 2.17 bits per heavy atom. The molecule has 0 bridgehead atoms. The highest BCUT2D eigenvalue weighted by molar-refractivity contribution is 6.30. The van der Waals surface area contributed by atoms with Crippen molar-refractivity contribution in [2.24, 2.45) is 5.73 Å². The molecule has 0 unspecified atom stereocenters. The van der Waals surface area contributed by atoms with Crippen LogP contribution in [0.25, 0.3) is 0 Å². The van der Waals surface area contributed by atoms with E-state index in [0.717, 1.165) is 6.42 Å². The Balaban J connectivity index is 1.93. The third kappa shape index (κ3) is 3.15. The summed E-state index contributed by atoms with van der Waals surface area (Å²) in [6, 6.07) is 7.07. The molecule has 0 aliphatic carbocycles. The predicted molar refractivity (Wildman–Crippen MR) is 70.7 cm³/mol. The van der Waals surface area contributed by atoms with Crippen LogP contribution >= 0.6 is 11.6 Å². The van der Waals surface area contributed by atoms with Gasteiger partial charge in [0.05, 0.1) is 0 Å². The lowest BCUT2D eigenvalue weighted by molar-refractivity contribution is -0.136. The van der Waals surface area contributed by atoms with Crippen molar-refractivity contribution >= 4 is 17.5 Å². The Hall–Kier alpha value is -1.26. The van der Waals surface area contributed by atoms with Crippen LogP contribution in [0.15, 0.2) is 24.3 Å². The maximum absolute atomic E-state index is 12.1. The van der Waals surface area contributed by atoms with Gasteiger partial charge >= 0.3 is 0 Å². The van der Waals surface area contributed by atoms with Crippen molar-refractivity contribution < 1.29 is 9.53 Å². The highest BCUT2D eigenvalue weighted by atomic mass is 35.5. The van der Waals surface area contributed by atoms with Gasteiger partial charge in [0.25, 0.3) is 5.91 Å². The van der Waals surface area contributed by atoms with Crippen LogP contribution < -0.4 is 10.5 Å². The second-order valence-electron chi connectivity index (χ2n) is 4.55. The van der Waals surface area contributed by atoms with Gasteiger partial charge in [0.2, 0.25) is 0 Å². The summed E-state index contributed by atoms with van der Waals surface area (Å²) >= 11 is 5.79. The summed E-state index contributed by atoms with van der Waals surface area (Å²) in [5, 5.41) is 0.645. The number of halogens is 1. The molecule has 18 heavy (non-hydrogen) atoms. The third-order valence-corrected chi connectivity index (χ3v) is 3.26. The molecule has 2 atom stereocenters. The first-order valence-electron chi connectivity index (χ1n) is 6.03. The fraction of sp³-hybridized carbons (Fsp3) is 0.462. The van der Waals surface area contributed by atoms with E-state index in [1.54, 1.807) is 36.1 Å². The minimum Gasteiger partial charge on any atom is -0.481 e. The summed E-state index contributed by atoms with van der Waals surface area (Å²) in [5.74, 6) is 0.627. The standard InChI is InChI=1S/C13H17ClN2O2/c1-9(13(17)16-7-6-11(15)8-16)18-12-4-2-10(14)3-5-12/h2-5,9,11H,6-8,15H2,1H3/t9-,11+/m0/s1. The van der Waals surface area contributed by atoms with Crippen LogP contribution in [-0.4, -0.2) is 36.0 Å². The molecule has 0 radical (unpaired) electrons. The van der Waals surface area contributed by atoms with Crippen LogP contribution in [0.2, 0.25) is 5.02 Å². The molecular weight excluding hydrogens is 252 g/mol. The molecule has 0 spiro atoms. The molecule has 98 valence electrons. The molecule has 5 heteroatoms. The summed E-state index contributed by atoms with van der Waals surface area (Å²) in [6.07, 6.45) is 0.357. The van der Waals surface area contributed by atoms with Crippen LogP contribution in [0.1, 0.15) is 13.3 Å². The molecule has 1 amide bonds. The number of ether oxygens (including phenoxy) is 1. The molecule has 0 aromatic heterocycles. The van der Waals surface area contributed by atoms with Gasteiger partial charge in [0.1, 0.15) is 5.75 Å². The van der Waals surface area contributed by atoms with Crippen molar-refractivity contribution in [3.05, 3.63) is 29.3 Å². The summed E-state index contributed by atoms with van der Waals surface area (Å²) in [7, 11) is 0. The van der Waals surface area contributed by atoms with E-state index in [2.05, 4.69) is 0 Å². The van der Waals surface area contributed by atoms with Crippen molar-refractivity contribution in [2.75, 3.05) is 13.1 Å². The van der Waals surface area contributed by atoms with E-state index in [4.69, 9.17) is 22.1 Å². The molecule has 2 N–H and O–H groups in total. The van der Waals surface area contributed by atoms with Crippen LogP contribution in [0.4, 0.5) is 0 Å². The van der Waals surface area contributed by atoms with E-state index in [9.17, 15) is 4.79 Å². The number of rotatable bonds is 3. The first kappa shape index (κ1) is 13.2. The number of carbonyl (C=O) groups excluding carboxylic acids is 1. The number of likely N-dealkylation sites (tertiary alicyclic amines) is 1. The molecule has 1 fully saturated rings. The number of carbonyl (C=O) groups is 1. The lowest BCUT2D eigenvalue weighted by Gasteiger charge is -2.21. The van der Waals surface area contributed by atoms with Crippen LogP contribution in [0.5, 0.6) is 5.75 Å². The Labute approximate surface area is 112 Å². The molecule has 2 rings (SSSR count). The fourth-order valence-electron chi connectivity index (χ4n) is 2.01. The topological polar surface area (TPSA) is 55.6 Å². The van der Waals surface area contributed by atoms with Crippen molar-refractivity contribution in [2.45, 2.75) is 25.5 Å². The third-order valence-electron chi connectivity index (χ3n) is 3.01. The van der Waals surface area contributed by atoms with Gasteiger partial charge in [-0.15, -0.1) is 0 Å². The smallest absolute Gasteiger partial charge is 0.263 e. The number of nitrogens with two attached hydrogens (primary N) is 1. The number of benzene rings is 1. The second-order valence-corrected chi connectivity index (χ2v) is 4.98. The first-order valence-corrected chi connectivity index (χ1v) is 6.40. The van der Waals surface area contributed by atoms with Crippen molar-refractivity contribution in [1.82, 2.24) is 4.90 Å². The number of amides is 1. The average Bonchev–Trinajstić information content (AvgIpc) is 2.78. The zero-order valence-corrected chi connectivity index (χ0v) is 11.1. The number of hydrogen-bond donors (Lipinski definition) is 1. The predicted octanol–water partition coefficient (Wildman–Crippen LogP) is 1.67. The zero-order valence-electron chi connectivity index (χ0n) is 10.3. The molecule has 1 aliphatic heterocycles. The van der Waals surface area contributed by atoms with Crippen LogP contribution in [0.3, 0.4) is 0 Å². The molecule has 0 saturated carbocycles. The normalized spacial score (nSPS) is 20.8. The number of nitrogens with zero attached hydrogens (tertiary/aromatic N) is 1. The molecular formula is C13H17ClN2O2. The Morgan fingerprint density at radius 1 is 1.50 bits per heavy atom. The maximum Gasteiger partial charge on any atom is 0.263 e. The van der Waals surface area contributed by atoms with Gasteiger partial charge in [-0.05, 0) is 37.6 Å². The largest absolute Gasteiger partial charge is 0.481 e. The Morgan fingerprint density at radius 3 is 2.72 bits per heavy atom. The lowest BCUT2D eigenvalue weighted by Crippen LogP contribution is -2.40. The maximum atomic E-state index is 12.1. The molecule has 4 nitrogen and oxygen atoms in total. The fourth-order valence-corrected chi connectivity index (χ4v) is 2.14. The summed E-state index contributed by atoms with van der Waals surface area (Å²) in [5.41, 5.74) is 5.78. The number of hydrogen-bond acceptors (Lipinski definition) is 3. The molecule has 1 aliphatic rings. The molecule has 1 saturated heterocycles. The Bertz CT molecular complexity index is 422. The van der Waals surface area contributed by atoms with E-state index in [1.807, 2.05) is 0 Å². The van der Waals surface area contributed by atoms with Crippen molar-refractivity contribution in [1.29, 1.82) is 0 Å². The van der Waals surface area contributed by atoms with Gasteiger partial charge in [-0.2, -0.15) is 0 Å². The highest BCUT2D eigenvalue weighted by Crippen LogP contribution is 2.18. The average molecular weight is 269 g/mol. The van der Waals surface area contributed by atoms with Gasteiger partial charge < -0.3 is 15.4 Å². The van der Waals surface area contributed by atoms with E-state index in [-0.39, 0.29) is 11.9 Å². The highest BCUT2D eigenvalue weighted by Gasteiger charge is 2.28. The van der Waals surface area contributed by atoms with E-state index in [1.165, 1.54) is 0 Å². The van der Waals surface area contributed by atoms with Gasteiger partial charge in [-0.25, -0.2) is 0 Å². The van der Waals surface area contributed by atoms with Gasteiger partial charge in [-0.1, -0.05) is 11.6 Å². The SMILES string of the molecule is C[C@H](Oc1ccc(Cl)cc1)C(=O)N1CC[C@@H](N)C1. The van der Waals surface area contributed by atoms with Gasteiger partial charge in [-0.3, -0.25) is 4.79 Å². The van der Waals surface area contributed by atoms with E-state index >= 15 is 0 Å². The summed E-state index contributed by atoms with van der Waals surface area (Å²) in [4.78, 5) is 13.8. The minimum absolute atomic E-state index is 0.0158. The van der Waals surface area contributed by atoms with Crippen LogP contribution in [0, 0.1) is 0 Å². The summed E-state index contributed by atoms with van der Waals surface area (Å²) in [6.45, 7) is 3.09. The quantitative estimate of drug-likeness (QED) is 0.907. The van der Waals surface area contributed by atoms with Crippen LogP contribution in [-0.2, 0) is 4.79 Å². The Kier molecular flexibility index (Phi) is 4.09. The van der Waals surface area contributed by atoms with Gasteiger partial charge in [0.15, 0.2) is 6.10 Å². The van der Waals surface area contributed by atoms with E-state index in [0.29, 0.717) is 23.9 Å². The molecule has 1 heterocycles. The minimum atomic E-state index is -0.503. The lowest BCUT2D eigenvalue weighted by atomic mass is 10.3. The summed E-state index contributed by atoms with van der Waals surface area (Å²) < 4.78 is 5.59. The van der Waals surface area contributed by atoms with Crippen molar-refractivity contribution in [3.63, 3.8) is 0 Å². The zero-order chi connectivity index (χ0) is 13.1.